The fourth-order valence-corrected chi connectivity index (χ4v) is 6.45. The lowest BCUT2D eigenvalue weighted by atomic mass is 10.0. The van der Waals surface area contributed by atoms with Crippen LogP contribution in [0.25, 0.3) is 24.3 Å². The van der Waals surface area contributed by atoms with E-state index in [1.165, 1.54) is 10.8 Å². The molecule has 6 rings (SSSR count). The van der Waals surface area contributed by atoms with Crippen molar-refractivity contribution < 1.29 is 24.4 Å². The number of aromatic amines is 4. The summed E-state index contributed by atoms with van der Waals surface area (Å²) in [4.78, 5) is 53.5. The summed E-state index contributed by atoms with van der Waals surface area (Å²) < 4.78 is 6.90. The molecular formula is C36H39N7O6. The molecule has 8 bridgehead atoms. The number of nitrogens with zero attached hydrogens (tertiary/aromatic N) is 3. The van der Waals surface area contributed by atoms with Gasteiger partial charge in [0.15, 0.2) is 5.82 Å². The largest absolute Gasteiger partial charge is 0.481 e. The number of aliphatic carboxylic acids is 1. The molecule has 0 unspecified atom stereocenters. The Labute approximate surface area is 280 Å². The second kappa shape index (κ2) is 13.3. The minimum atomic E-state index is -0.874. The second-order valence-electron chi connectivity index (χ2n) is 12.5. The number of carbonyl (C=O) groups excluding carboxylic acids is 1. The first-order valence-corrected chi connectivity index (χ1v) is 16.1. The SMILES string of the molecule is Cc1cc2[nH]c1/C=c1\[nH]/c(c(CCC(=O)OCCn3c([N+](=O)[O-])cnc3C)c1C)=C\c1[nH]c(c(C)c1CCC(=O)O)/C=c1/cc(C)/c([nH]1)=C/2. The van der Waals surface area contributed by atoms with Crippen molar-refractivity contribution in [2.75, 3.05) is 6.61 Å². The number of carbonyl (C=O) groups is 2. The topological polar surface area (TPSA) is 188 Å². The molecule has 0 aromatic carbocycles. The Morgan fingerprint density at radius 1 is 0.837 bits per heavy atom. The molecule has 0 radical (unpaired) electrons. The molecule has 0 atom stereocenters. The predicted molar refractivity (Wildman–Crippen MR) is 184 cm³/mol. The molecule has 254 valence electrons. The van der Waals surface area contributed by atoms with E-state index in [1.807, 2.05) is 26.0 Å². The van der Waals surface area contributed by atoms with Crippen molar-refractivity contribution >= 4 is 42.1 Å². The van der Waals surface area contributed by atoms with Gasteiger partial charge in [-0.15, -0.1) is 0 Å². The molecule has 0 aliphatic carbocycles. The van der Waals surface area contributed by atoms with Crippen molar-refractivity contribution in [1.29, 1.82) is 0 Å². The molecule has 0 spiro atoms. The van der Waals surface area contributed by atoms with E-state index < -0.39 is 16.9 Å². The van der Waals surface area contributed by atoms with Gasteiger partial charge in [0.2, 0.25) is 0 Å². The van der Waals surface area contributed by atoms with E-state index in [4.69, 9.17) is 4.74 Å². The van der Waals surface area contributed by atoms with Crippen molar-refractivity contribution in [3.05, 3.63) is 112 Å². The summed E-state index contributed by atoms with van der Waals surface area (Å²) in [6.07, 6.45) is 10.2. The molecule has 0 amide bonds. The highest BCUT2D eigenvalue weighted by molar-refractivity contribution is 5.70. The summed E-state index contributed by atoms with van der Waals surface area (Å²) in [6, 6.07) is 4.19. The first-order valence-electron chi connectivity index (χ1n) is 16.1. The minimum absolute atomic E-state index is 0.0167. The highest BCUT2D eigenvalue weighted by atomic mass is 16.6. The van der Waals surface area contributed by atoms with Crippen molar-refractivity contribution in [2.24, 2.45) is 0 Å². The second-order valence-corrected chi connectivity index (χ2v) is 12.5. The number of aromatic nitrogens is 6. The van der Waals surface area contributed by atoms with Crippen LogP contribution in [0.4, 0.5) is 5.82 Å². The van der Waals surface area contributed by atoms with Crippen molar-refractivity contribution in [3.8, 4) is 0 Å². The van der Waals surface area contributed by atoms with Gasteiger partial charge in [-0.2, -0.15) is 0 Å². The van der Waals surface area contributed by atoms with Gasteiger partial charge >= 0.3 is 17.8 Å². The Balaban J connectivity index is 1.40. The van der Waals surface area contributed by atoms with Crippen LogP contribution in [0.5, 0.6) is 0 Å². The molecule has 13 heteroatoms. The smallest absolute Gasteiger partial charge is 0.342 e. The number of carboxylic acid groups (broad SMARTS) is 1. The third kappa shape index (κ3) is 6.91. The highest BCUT2D eigenvalue weighted by Gasteiger charge is 2.19. The Morgan fingerprint density at radius 2 is 1.59 bits per heavy atom. The van der Waals surface area contributed by atoms with E-state index in [9.17, 15) is 24.8 Å². The number of nitrogens with one attached hydrogen (secondary N) is 4. The minimum Gasteiger partial charge on any atom is -0.481 e. The average Bonchev–Trinajstić information content (AvgIpc) is 3.81. The number of fused-ring (bicyclic) bond motifs is 8. The summed E-state index contributed by atoms with van der Waals surface area (Å²) in [6.45, 7) is 9.87. The van der Waals surface area contributed by atoms with E-state index in [0.717, 1.165) is 77.6 Å². The Bertz CT molecular complexity index is 2360. The third-order valence-corrected chi connectivity index (χ3v) is 9.20. The number of rotatable bonds is 10. The number of carboxylic acids is 1. The van der Waals surface area contributed by atoms with Crippen LogP contribution in [0.1, 0.15) is 74.8 Å². The first kappa shape index (κ1) is 33.1. The lowest BCUT2D eigenvalue weighted by Gasteiger charge is -2.06. The van der Waals surface area contributed by atoms with E-state index in [2.05, 4.69) is 63.1 Å². The third-order valence-electron chi connectivity index (χ3n) is 9.20. The van der Waals surface area contributed by atoms with Crippen LogP contribution >= 0.6 is 0 Å². The summed E-state index contributed by atoms with van der Waals surface area (Å²) in [5.41, 5.74) is 9.51. The number of hydrogen-bond donors (Lipinski definition) is 5. The van der Waals surface area contributed by atoms with Gasteiger partial charge in [-0.25, -0.2) is 9.55 Å². The molecule has 5 aromatic heterocycles. The van der Waals surface area contributed by atoms with Crippen LogP contribution in [-0.4, -0.2) is 58.1 Å². The maximum atomic E-state index is 12.9. The quantitative estimate of drug-likeness (QED) is 0.0844. The first-order chi connectivity index (χ1) is 23.4. The number of ether oxygens (including phenoxy) is 1. The molecule has 13 nitrogen and oxygen atoms in total. The molecule has 49 heavy (non-hydrogen) atoms. The van der Waals surface area contributed by atoms with Crippen molar-refractivity contribution in [3.63, 3.8) is 0 Å². The standard InChI is InChI=1S/C36H39N7O6/c1-19-12-25-15-30-21(3)26(6-8-35(44)45)32(40-30)17-33-27(7-9-36(46)49-11-10-42-23(5)37-18-34(42)43(47)48)22(4)31(41-33)16-29-20(2)13-24(39-29)14-28(19)38-25/h12-18,38-41H,6-11H2,1-5H3,(H,44,45)/b24-14?,25-15-,28-14-,29-16?,30-15?,31-16-,32-17?,33-17-. The Hall–Kier alpha value is -5.85. The van der Waals surface area contributed by atoms with E-state index in [0.29, 0.717) is 18.7 Å². The van der Waals surface area contributed by atoms with Crippen LogP contribution in [0.3, 0.4) is 0 Å². The molecule has 0 saturated carbocycles. The van der Waals surface area contributed by atoms with Gasteiger partial charge < -0.3 is 39.9 Å². The van der Waals surface area contributed by atoms with Crippen LogP contribution in [0.15, 0.2) is 18.3 Å². The van der Waals surface area contributed by atoms with Crippen LogP contribution in [-0.2, 0) is 33.7 Å². The fourth-order valence-electron chi connectivity index (χ4n) is 6.45. The maximum Gasteiger partial charge on any atom is 0.342 e. The molecule has 5 N–H and O–H groups in total. The summed E-state index contributed by atoms with van der Waals surface area (Å²) in [5.74, 6) is -0.985. The van der Waals surface area contributed by atoms with Crippen molar-refractivity contribution in [2.45, 2.75) is 66.8 Å². The molecular weight excluding hydrogens is 626 g/mol. The number of aryl methyl sites for hydroxylation is 3. The number of esters is 1. The van der Waals surface area contributed by atoms with Gasteiger partial charge in [-0.3, -0.25) is 9.59 Å². The lowest BCUT2D eigenvalue weighted by Crippen LogP contribution is -2.16. The van der Waals surface area contributed by atoms with Gasteiger partial charge in [0, 0.05) is 63.9 Å². The predicted octanol–water partition coefficient (Wildman–Crippen LogP) is 2.47. The molecule has 1 aliphatic heterocycles. The maximum absolute atomic E-state index is 12.9. The number of H-pyrrole nitrogens is 4. The normalized spacial score (nSPS) is 14.9. The summed E-state index contributed by atoms with van der Waals surface area (Å²) in [5, 5.41) is 24.4. The number of nitro groups is 1. The van der Waals surface area contributed by atoms with E-state index in [-0.39, 0.29) is 31.8 Å². The van der Waals surface area contributed by atoms with Crippen LogP contribution < -0.4 is 21.4 Å². The summed E-state index contributed by atoms with van der Waals surface area (Å²) >= 11 is 0. The summed E-state index contributed by atoms with van der Waals surface area (Å²) in [7, 11) is 0. The van der Waals surface area contributed by atoms with Gasteiger partial charge in [0.05, 0.1) is 0 Å². The Kier molecular flexibility index (Phi) is 9.00. The zero-order chi connectivity index (χ0) is 35.0. The highest BCUT2D eigenvalue weighted by Crippen LogP contribution is 2.22. The monoisotopic (exact) mass is 665 g/mol. The van der Waals surface area contributed by atoms with Crippen molar-refractivity contribution in [1.82, 2.24) is 29.5 Å². The lowest BCUT2D eigenvalue weighted by molar-refractivity contribution is -0.392. The molecule has 0 fully saturated rings. The van der Waals surface area contributed by atoms with Crippen LogP contribution in [0.2, 0.25) is 0 Å². The molecule has 0 saturated heterocycles. The Morgan fingerprint density at radius 3 is 2.35 bits per heavy atom. The number of imidazole rings is 1. The van der Waals surface area contributed by atoms with E-state index in [1.54, 1.807) is 6.92 Å². The molecule has 1 aliphatic rings. The molecule has 6 heterocycles. The number of hydrogen-bond acceptors (Lipinski definition) is 6. The van der Waals surface area contributed by atoms with Crippen LogP contribution in [0, 0.1) is 44.7 Å². The average molecular weight is 666 g/mol. The fraction of sp³-hybridized carbons (Fsp3) is 0.306. The van der Waals surface area contributed by atoms with Gasteiger partial charge in [-0.05, 0) is 115 Å². The van der Waals surface area contributed by atoms with E-state index >= 15 is 0 Å². The van der Waals surface area contributed by atoms with Gasteiger partial charge in [0.25, 0.3) is 0 Å². The molecule has 5 aromatic rings. The van der Waals surface area contributed by atoms with Gasteiger partial charge in [-0.1, -0.05) is 0 Å². The van der Waals surface area contributed by atoms with Gasteiger partial charge in [0.1, 0.15) is 19.3 Å². The zero-order valence-corrected chi connectivity index (χ0v) is 28.1. The zero-order valence-electron chi connectivity index (χ0n) is 28.1.